The molecule has 1 unspecified atom stereocenters. The van der Waals surface area contributed by atoms with Gasteiger partial charge in [0.05, 0.1) is 0 Å². The largest absolute Gasteiger partial charge is 0.483 e. The van der Waals surface area contributed by atoms with E-state index in [2.05, 4.69) is 0 Å². The molecule has 0 N–H and O–H groups in total. The fourth-order valence-corrected chi connectivity index (χ4v) is 1.86. The lowest BCUT2D eigenvalue weighted by Crippen LogP contribution is -2.30. The van der Waals surface area contributed by atoms with Crippen LogP contribution in [0.1, 0.15) is 36.0 Å². The number of ether oxygens (including phenoxy) is 1. The zero-order chi connectivity index (χ0) is 11.4. The number of Topliss-reactive ketones (excluding diaryl/α,β-unsaturated/α-hetero) is 1. The van der Waals surface area contributed by atoms with Crippen LogP contribution in [-0.2, 0) is 4.79 Å². The van der Waals surface area contributed by atoms with Gasteiger partial charge in [0.2, 0.25) is 0 Å². The molecule has 3 heteroatoms. The third kappa shape index (κ3) is 2.48. The summed E-state index contributed by atoms with van der Waals surface area (Å²) >= 11 is 0. The van der Waals surface area contributed by atoms with Crippen LogP contribution in [0.5, 0.6) is 5.75 Å². The molecule has 0 saturated heterocycles. The number of rotatable bonds is 3. The maximum Gasteiger partial charge on any atom is 0.173 e. The molecule has 0 heterocycles. The molecule has 0 radical (unpaired) electrons. The zero-order valence-corrected chi connectivity index (χ0v) is 9.02. The first-order chi connectivity index (χ1) is 7.79. The Morgan fingerprint density at radius 1 is 1.19 bits per heavy atom. The van der Waals surface area contributed by atoms with Crippen LogP contribution < -0.4 is 4.74 Å². The van der Waals surface area contributed by atoms with E-state index in [9.17, 15) is 9.59 Å². The van der Waals surface area contributed by atoms with Crippen molar-refractivity contribution in [2.24, 2.45) is 0 Å². The third-order valence-electron chi connectivity index (χ3n) is 2.79. The van der Waals surface area contributed by atoms with Crippen molar-refractivity contribution < 1.29 is 14.3 Å². The minimum Gasteiger partial charge on any atom is -0.483 e. The van der Waals surface area contributed by atoms with Gasteiger partial charge in [-0.1, -0.05) is 0 Å². The fourth-order valence-electron chi connectivity index (χ4n) is 1.86. The second kappa shape index (κ2) is 4.92. The maximum absolute atomic E-state index is 11.5. The summed E-state index contributed by atoms with van der Waals surface area (Å²) in [6, 6.07) is 6.84. The van der Waals surface area contributed by atoms with E-state index in [4.69, 9.17) is 4.74 Å². The normalized spacial score (nSPS) is 20.5. The van der Waals surface area contributed by atoms with E-state index in [1.54, 1.807) is 24.3 Å². The van der Waals surface area contributed by atoms with Crippen molar-refractivity contribution in [3.63, 3.8) is 0 Å². The number of carbonyl (C=O) groups excluding carboxylic acids is 2. The van der Waals surface area contributed by atoms with Crippen LogP contribution in [-0.4, -0.2) is 18.2 Å². The third-order valence-corrected chi connectivity index (χ3v) is 2.79. The summed E-state index contributed by atoms with van der Waals surface area (Å²) in [4.78, 5) is 22.0. The molecule has 1 saturated carbocycles. The predicted molar refractivity (Wildman–Crippen MR) is 59.7 cm³/mol. The van der Waals surface area contributed by atoms with Crippen LogP contribution in [0.3, 0.4) is 0 Å². The standard InChI is InChI=1S/C13H14O3/c14-9-10-5-7-11(8-6-10)16-13-4-2-1-3-12(13)15/h5-9,13H,1-4H2. The van der Waals surface area contributed by atoms with E-state index in [1.807, 2.05) is 0 Å². The topological polar surface area (TPSA) is 43.4 Å². The highest BCUT2D eigenvalue weighted by Crippen LogP contribution is 2.21. The number of carbonyl (C=O) groups is 2. The molecule has 3 nitrogen and oxygen atoms in total. The van der Waals surface area contributed by atoms with Crippen LogP contribution in [0.2, 0.25) is 0 Å². The molecule has 84 valence electrons. The van der Waals surface area contributed by atoms with Gasteiger partial charge in [-0.3, -0.25) is 9.59 Å². The quantitative estimate of drug-likeness (QED) is 0.731. The van der Waals surface area contributed by atoms with Crippen molar-refractivity contribution in [3.05, 3.63) is 29.8 Å². The second-order valence-corrected chi connectivity index (χ2v) is 4.01. The second-order valence-electron chi connectivity index (χ2n) is 4.01. The van der Waals surface area contributed by atoms with Crippen molar-refractivity contribution in [3.8, 4) is 5.75 Å². The van der Waals surface area contributed by atoms with Crippen LogP contribution in [0, 0.1) is 0 Å². The first kappa shape index (κ1) is 10.9. The Labute approximate surface area is 94.4 Å². The summed E-state index contributed by atoms with van der Waals surface area (Å²) in [5, 5.41) is 0. The highest BCUT2D eigenvalue weighted by molar-refractivity contribution is 5.84. The average Bonchev–Trinajstić information content (AvgIpc) is 2.33. The van der Waals surface area contributed by atoms with Gasteiger partial charge < -0.3 is 4.74 Å². The highest BCUT2D eigenvalue weighted by atomic mass is 16.5. The van der Waals surface area contributed by atoms with Crippen molar-refractivity contribution in [2.75, 3.05) is 0 Å². The molecule has 0 bridgehead atoms. The number of benzene rings is 1. The molecular weight excluding hydrogens is 204 g/mol. The van der Waals surface area contributed by atoms with E-state index in [-0.39, 0.29) is 11.9 Å². The molecule has 0 amide bonds. The molecule has 1 fully saturated rings. The van der Waals surface area contributed by atoms with Gasteiger partial charge in [0.25, 0.3) is 0 Å². The minimum atomic E-state index is -0.296. The van der Waals surface area contributed by atoms with E-state index in [0.29, 0.717) is 17.7 Å². The first-order valence-electron chi connectivity index (χ1n) is 5.54. The lowest BCUT2D eigenvalue weighted by atomic mass is 9.96. The summed E-state index contributed by atoms with van der Waals surface area (Å²) < 4.78 is 5.60. The maximum atomic E-state index is 11.5. The summed E-state index contributed by atoms with van der Waals surface area (Å²) in [7, 11) is 0. The van der Waals surface area contributed by atoms with Gasteiger partial charge in [-0.15, -0.1) is 0 Å². The average molecular weight is 218 g/mol. The van der Waals surface area contributed by atoms with E-state index < -0.39 is 0 Å². The SMILES string of the molecule is O=Cc1ccc(OC2CCCCC2=O)cc1. The van der Waals surface area contributed by atoms with Gasteiger partial charge >= 0.3 is 0 Å². The first-order valence-corrected chi connectivity index (χ1v) is 5.54. The zero-order valence-electron chi connectivity index (χ0n) is 9.02. The highest BCUT2D eigenvalue weighted by Gasteiger charge is 2.23. The minimum absolute atomic E-state index is 0.186. The molecule has 0 aromatic heterocycles. The molecule has 0 aliphatic heterocycles. The van der Waals surface area contributed by atoms with Crippen molar-refractivity contribution >= 4 is 12.1 Å². The molecule has 1 atom stereocenters. The van der Waals surface area contributed by atoms with Gasteiger partial charge in [0, 0.05) is 12.0 Å². The molecule has 1 aromatic rings. The molecule has 1 aliphatic carbocycles. The van der Waals surface area contributed by atoms with E-state index in [1.165, 1.54) is 0 Å². The molecule has 2 rings (SSSR count). The number of ketones is 1. The summed E-state index contributed by atoms with van der Waals surface area (Å²) in [6.07, 6.45) is 3.93. The Morgan fingerprint density at radius 3 is 2.56 bits per heavy atom. The van der Waals surface area contributed by atoms with Crippen LogP contribution in [0.15, 0.2) is 24.3 Å². The number of aldehydes is 1. The molecule has 0 spiro atoms. The van der Waals surface area contributed by atoms with Crippen LogP contribution in [0.4, 0.5) is 0 Å². The molecule has 1 aliphatic rings. The molecule has 1 aromatic carbocycles. The molecular formula is C13H14O3. The van der Waals surface area contributed by atoms with Crippen molar-refractivity contribution in [2.45, 2.75) is 31.8 Å². The van der Waals surface area contributed by atoms with Crippen molar-refractivity contribution in [1.29, 1.82) is 0 Å². The lowest BCUT2D eigenvalue weighted by Gasteiger charge is -2.21. The van der Waals surface area contributed by atoms with Crippen molar-refractivity contribution in [1.82, 2.24) is 0 Å². The number of hydrogen-bond acceptors (Lipinski definition) is 3. The monoisotopic (exact) mass is 218 g/mol. The van der Waals surface area contributed by atoms with E-state index in [0.717, 1.165) is 25.5 Å². The van der Waals surface area contributed by atoms with Gasteiger partial charge in [-0.05, 0) is 43.5 Å². The Kier molecular flexibility index (Phi) is 3.34. The summed E-state index contributed by atoms with van der Waals surface area (Å²) in [6.45, 7) is 0. The fraction of sp³-hybridized carbons (Fsp3) is 0.385. The smallest absolute Gasteiger partial charge is 0.173 e. The van der Waals surface area contributed by atoms with Gasteiger partial charge in [0.1, 0.15) is 12.0 Å². The van der Waals surface area contributed by atoms with E-state index >= 15 is 0 Å². The Morgan fingerprint density at radius 2 is 1.94 bits per heavy atom. The Bertz CT molecular complexity index is 381. The Hall–Kier alpha value is -1.64. The lowest BCUT2D eigenvalue weighted by molar-refractivity contribution is -0.127. The van der Waals surface area contributed by atoms with Gasteiger partial charge in [0.15, 0.2) is 11.9 Å². The number of hydrogen-bond donors (Lipinski definition) is 0. The predicted octanol–water partition coefficient (Wildman–Crippen LogP) is 2.39. The summed E-state index contributed by atoms with van der Waals surface area (Å²) in [5.74, 6) is 0.844. The molecule has 16 heavy (non-hydrogen) atoms. The Balaban J connectivity index is 2.02. The summed E-state index contributed by atoms with van der Waals surface area (Å²) in [5.41, 5.74) is 0.613. The van der Waals surface area contributed by atoms with Crippen LogP contribution >= 0.6 is 0 Å². The van der Waals surface area contributed by atoms with Crippen LogP contribution in [0.25, 0.3) is 0 Å². The van der Waals surface area contributed by atoms with Gasteiger partial charge in [-0.25, -0.2) is 0 Å². The van der Waals surface area contributed by atoms with Gasteiger partial charge in [-0.2, -0.15) is 0 Å².